The van der Waals surface area contributed by atoms with Crippen LogP contribution in [0.3, 0.4) is 0 Å². The molecular weight excluding hydrogens is 362 g/mol. The molecule has 0 aliphatic carbocycles. The molecule has 0 radical (unpaired) electrons. The van der Waals surface area contributed by atoms with Crippen molar-refractivity contribution in [3.8, 4) is 0 Å². The van der Waals surface area contributed by atoms with Gasteiger partial charge in [0.25, 0.3) is 0 Å². The molecule has 1 N–H and O–H groups in total. The molecule has 0 aliphatic heterocycles. The number of hydrogen-bond donors (Lipinski definition) is 1. The zero-order valence-corrected chi connectivity index (χ0v) is 15.0. The maximum absolute atomic E-state index is 11.2. The third kappa shape index (κ3) is 6.57. The Balaban J connectivity index is 2.77. The van der Waals surface area contributed by atoms with Crippen LogP contribution in [-0.4, -0.2) is 27.0 Å². The fourth-order valence-corrected chi connectivity index (χ4v) is 3.67. The highest BCUT2D eigenvalue weighted by molar-refractivity contribution is 9.10. The van der Waals surface area contributed by atoms with Gasteiger partial charge in [-0.15, -0.1) is 0 Å². The summed E-state index contributed by atoms with van der Waals surface area (Å²) in [4.78, 5) is 0. The quantitative estimate of drug-likeness (QED) is 0.740. The average Bonchev–Trinajstić information content (AvgIpc) is 2.33. The molecule has 3 nitrogen and oxygen atoms in total. The summed E-state index contributed by atoms with van der Waals surface area (Å²) >= 11 is 9.49. The second-order valence-electron chi connectivity index (χ2n) is 4.94. The van der Waals surface area contributed by atoms with Crippen molar-refractivity contribution in [1.29, 1.82) is 0 Å². The lowest BCUT2D eigenvalue weighted by Crippen LogP contribution is -2.23. The Bertz CT molecular complexity index is 534. The molecule has 1 aromatic rings. The van der Waals surface area contributed by atoms with Gasteiger partial charge < -0.3 is 5.32 Å². The Kier molecular flexibility index (Phi) is 7.51. The van der Waals surface area contributed by atoms with Crippen molar-refractivity contribution in [3.63, 3.8) is 0 Å². The second-order valence-corrected chi connectivity index (χ2v) is 8.50. The molecule has 0 aliphatic rings. The standard InChI is InChI=1S/C14H21BrClNO2S/c1-3-8-17-14(5-4-9-20(2,18)19)12-7-6-11(16)10-13(12)15/h6-7,10,14,17H,3-5,8-9H2,1-2H3. The van der Waals surface area contributed by atoms with Gasteiger partial charge >= 0.3 is 0 Å². The monoisotopic (exact) mass is 381 g/mol. The third-order valence-corrected chi connectivity index (χ3v) is 4.94. The lowest BCUT2D eigenvalue weighted by Gasteiger charge is -2.20. The van der Waals surface area contributed by atoms with Gasteiger partial charge in [0.15, 0.2) is 0 Å². The molecule has 1 rings (SSSR count). The van der Waals surface area contributed by atoms with Crippen molar-refractivity contribution < 1.29 is 8.42 Å². The van der Waals surface area contributed by atoms with Gasteiger partial charge in [0.1, 0.15) is 9.84 Å². The van der Waals surface area contributed by atoms with Gasteiger partial charge in [-0.05, 0) is 43.5 Å². The molecule has 0 bridgehead atoms. The van der Waals surface area contributed by atoms with E-state index in [1.54, 1.807) is 0 Å². The molecule has 0 saturated carbocycles. The van der Waals surface area contributed by atoms with E-state index in [0.29, 0.717) is 11.4 Å². The van der Waals surface area contributed by atoms with E-state index in [0.717, 1.165) is 29.4 Å². The Morgan fingerprint density at radius 2 is 2.10 bits per heavy atom. The normalized spacial score (nSPS) is 13.4. The van der Waals surface area contributed by atoms with Crippen molar-refractivity contribution in [2.75, 3.05) is 18.6 Å². The fourth-order valence-electron chi connectivity index (χ4n) is 2.02. The summed E-state index contributed by atoms with van der Waals surface area (Å²) in [7, 11) is -2.90. The highest BCUT2D eigenvalue weighted by Crippen LogP contribution is 2.29. The molecule has 0 amide bonds. The van der Waals surface area contributed by atoms with E-state index in [-0.39, 0.29) is 11.8 Å². The predicted octanol–water partition coefficient (Wildman–Crippen LogP) is 3.97. The van der Waals surface area contributed by atoms with Crippen LogP contribution in [-0.2, 0) is 9.84 Å². The minimum atomic E-state index is -2.90. The van der Waals surface area contributed by atoms with E-state index in [9.17, 15) is 8.42 Å². The highest BCUT2D eigenvalue weighted by Gasteiger charge is 2.15. The zero-order valence-electron chi connectivity index (χ0n) is 11.8. The zero-order chi connectivity index (χ0) is 15.2. The first-order valence-corrected chi connectivity index (χ1v) is 9.92. The van der Waals surface area contributed by atoms with Crippen molar-refractivity contribution in [2.45, 2.75) is 32.2 Å². The smallest absolute Gasteiger partial charge is 0.147 e. The van der Waals surface area contributed by atoms with Crippen LogP contribution in [0.25, 0.3) is 0 Å². The third-order valence-electron chi connectivity index (χ3n) is 2.99. The second kappa shape index (κ2) is 8.37. The molecule has 0 heterocycles. The summed E-state index contributed by atoms with van der Waals surface area (Å²) in [5.41, 5.74) is 1.12. The summed E-state index contributed by atoms with van der Waals surface area (Å²) in [5, 5.41) is 4.15. The van der Waals surface area contributed by atoms with Crippen LogP contribution in [0.4, 0.5) is 0 Å². The van der Waals surface area contributed by atoms with Crippen LogP contribution < -0.4 is 5.32 Å². The van der Waals surface area contributed by atoms with Crippen LogP contribution in [0.2, 0.25) is 5.02 Å². The molecule has 1 atom stereocenters. The number of rotatable bonds is 8. The summed E-state index contributed by atoms with van der Waals surface area (Å²) in [6.07, 6.45) is 3.75. The average molecular weight is 383 g/mol. The van der Waals surface area contributed by atoms with Crippen molar-refractivity contribution in [2.24, 2.45) is 0 Å². The van der Waals surface area contributed by atoms with E-state index in [1.165, 1.54) is 6.26 Å². The SMILES string of the molecule is CCCNC(CCCS(C)(=O)=O)c1ccc(Cl)cc1Br. The Labute approximate surface area is 135 Å². The van der Waals surface area contributed by atoms with Crippen LogP contribution >= 0.6 is 27.5 Å². The van der Waals surface area contributed by atoms with Gasteiger partial charge in [-0.2, -0.15) is 0 Å². The lowest BCUT2D eigenvalue weighted by molar-refractivity contribution is 0.491. The van der Waals surface area contributed by atoms with Gasteiger partial charge in [-0.25, -0.2) is 8.42 Å². The molecule has 20 heavy (non-hydrogen) atoms. The van der Waals surface area contributed by atoms with Gasteiger partial charge in [-0.1, -0.05) is 40.5 Å². The van der Waals surface area contributed by atoms with Crippen LogP contribution in [0.5, 0.6) is 0 Å². The first-order chi connectivity index (χ1) is 9.33. The molecule has 6 heteroatoms. The van der Waals surface area contributed by atoms with E-state index in [2.05, 4.69) is 28.2 Å². The maximum atomic E-state index is 11.2. The number of benzene rings is 1. The number of sulfone groups is 1. The summed E-state index contributed by atoms with van der Waals surface area (Å²) < 4.78 is 23.4. The van der Waals surface area contributed by atoms with Crippen molar-refractivity contribution >= 4 is 37.4 Å². The molecule has 0 fully saturated rings. The predicted molar refractivity (Wildman–Crippen MR) is 89.1 cm³/mol. The van der Waals surface area contributed by atoms with Crippen molar-refractivity contribution in [3.05, 3.63) is 33.3 Å². The van der Waals surface area contributed by atoms with Crippen LogP contribution in [0.15, 0.2) is 22.7 Å². The number of halogens is 2. The van der Waals surface area contributed by atoms with Crippen LogP contribution in [0, 0.1) is 0 Å². The Morgan fingerprint density at radius 3 is 2.65 bits per heavy atom. The topological polar surface area (TPSA) is 46.2 Å². The number of nitrogens with one attached hydrogen (secondary N) is 1. The maximum Gasteiger partial charge on any atom is 0.147 e. The minimum Gasteiger partial charge on any atom is -0.310 e. The summed E-state index contributed by atoms with van der Waals surface area (Å²) in [6.45, 7) is 3.01. The van der Waals surface area contributed by atoms with Gasteiger partial charge in [0.2, 0.25) is 0 Å². The fraction of sp³-hybridized carbons (Fsp3) is 0.571. The molecular formula is C14H21BrClNO2S. The van der Waals surface area contributed by atoms with E-state index < -0.39 is 9.84 Å². The summed E-state index contributed by atoms with van der Waals surface area (Å²) in [5.74, 6) is 0.225. The molecule has 114 valence electrons. The molecule has 1 aromatic carbocycles. The van der Waals surface area contributed by atoms with E-state index in [1.807, 2.05) is 18.2 Å². The molecule has 0 saturated heterocycles. The van der Waals surface area contributed by atoms with Gasteiger partial charge in [0.05, 0.1) is 0 Å². The highest BCUT2D eigenvalue weighted by atomic mass is 79.9. The Morgan fingerprint density at radius 1 is 1.40 bits per heavy atom. The first-order valence-electron chi connectivity index (χ1n) is 6.69. The van der Waals surface area contributed by atoms with E-state index >= 15 is 0 Å². The lowest BCUT2D eigenvalue weighted by atomic mass is 10.0. The van der Waals surface area contributed by atoms with E-state index in [4.69, 9.17) is 11.6 Å². The summed E-state index contributed by atoms with van der Waals surface area (Å²) in [6, 6.07) is 5.86. The molecule has 1 unspecified atom stereocenters. The Hall–Kier alpha value is -0.100. The largest absolute Gasteiger partial charge is 0.310 e. The minimum absolute atomic E-state index is 0.142. The van der Waals surface area contributed by atoms with Crippen molar-refractivity contribution in [1.82, 2.24) is 5.32 Å². The van der Waals surface area contributed by atoms with Crippen LogP contribution in [0.1, 0.15) is 37.8 Å². The first kappa shape index (κ1) is 18.0. The number of hydrogen-bond acceptors (Lipinski definition) is 3. The molecule has 0 spiro atoms. The van der Waals surface area contributed by atoms with Gasteiger partial charge in [0, 0.05) is 27.5 Å². The molecule has 0 aromatic heterocycles. The van der Waals surface area contributed by atoms with Gasteiger partial charge in [-0.3, -0.25) is 0 Å².